The molecule has 0 radical (unpaired) electrons. The van der Waals surface area contributed by atoms with Crippen LogP contribution in [0, 0.1) is 18.2 Å². The molecule has 1 fully saturated rings. The minimum absolute atomic E-state index is 0.0716. The first-order valence-corrected chi connectivity index (χ1v) is 7.49. The van der Waals surface area contributed by atoms with Gasteiger partial charge in [-0.05, 0) is 62.3 Å². The Hall–Kier alpha value is -1.58. The summed E-state index contributed by atoms with van der Waals surface area (Å²) < 4.78 is 18.8. The molecule has 1 aliphatic rings. The summed E-state index contributed by atoms with van der Waals surface area (Å²) in [5, 5.41) is 3.26. The third-order valence-electron chi connectivity index (χ3n) is 4.10. The first-order chi connectivity index (χ1) is 9.76. The molecule has 3 nitrogen and oxygen atoms in total. The summed E-state index contributed by atoms with van der Waals surface area (Å²) in [6.45, 7) is 8.28. The van der Waals surface area contributed by atoms with E-state index in [0.29, 0.717) is 25.1 Å². The largest absolute Gasteiger partial charge is 0.464 e. The Morgan fingerprint density at radius 3 is 2.57 bits per heavy atom. The Labute approximate surface area is 125 Å². The SMILES string of the molecule is CCOC(=O)C1(Nc2cc(C)cc(F)c2)CCC(C)(C)C1. The van der Waals surface area contributed by atoms with Crippen molar-refractivity contribution in [2.24, 2.45) is 5.41 Å². The topological polar surface area (TPSA) is 38.3 Å². The van der Waals surface area contributed by atoms with Gasteiger partial charge in [-0.25, -0.2) is 9.18 Å². The minimum atomic E-state index is -0.750. The Kier molecular flexibility index (Phi) is 4.26. The molecule has 1 aromatic rings. The fourth-order valence-electron chi connectivity index (χ4n) is 3.23. The zero-order valence-electron chi connectivity index (χ0n) is 13.3. The minimum Gasteiger partial charge on any atom is -0.464 e. The van der Waals surface area contributed by atoms with Crippen molar-refractivity contribution in [2.75, 3.05) is 11.9 Å². The van der Waals surface area contributed by atoms with E-state index in [-0.39, 0.29) is 17.2 Å². The number of anilines is 1. The van der Waals surface area contributed by atoms with Crippen molar-refractivity contribution in [1.82, 2.24) is 0 Å². The Morgan fingerprint density at radius 1 is 1.33 bits per heavy atom. The van der Waals surface area contributed by atoms with Crippen molar-refractivity contribution in [1.29, 1.82) is 0 Å². The molecule has 0 amide bonds. The molecule has 2 rings (SSSR count). The lowest BCUT2D eigenvalue weighted by Gasteiger charge is -2.31. The number of nitrogens with one attached hydrogen (secondary N) is 1. The van der Waals surface area contributed by atoms with Crippen LogP contribution in [0.2, 0.25) is 0 Å². The standard InChI is InChI=1S/C17H24FNO2/c1-5-21-15(20)17(7-6-16(3,4)11-17)19-14-9-12(2)8-13(18)10-14/h8-10,19H,5-7,11H2,1-4H3. The zero-order valence-corrected chi connectivity index (χ0v) is 13.3. The third kappa shape index (κ3) is 3.55. The van der Waals surface area contributed by atoms with E-state index in [0.717, 1.165) is 12.0 Å². The second kappa shape index (κ2) is 5.66. The van der Waals surface area contributed by atoms with Gasteiger partial charge in [-0.2, -0.15) is 0 Å². The molecule has 1 saturated carbocycles. The monoisotopic (exact) mass is 293 g/mol. The van der Waals surface area contributed by atoms with Crippen LogP contribution in [0.1, 0.15) is 45.6 Å². The second-order valence-corrected chi connectivity index (χ2v) is 6.79. The molecule has 116 valence electrons. The molecule has 1 N–H and O–H groups in total. The fourth-order valence-corrected chi connectivity index (χ4v) is 3.23. The van der Waals surface area contributed by atoms with Crippen molar-refractivity contribution >= 4 is 11.7 Å². The Morgan fingerprint density at radius 2 is 2.05 bits per heavy atom. The number of carbonyl (C=O) groups excluding carboxylic acids is 1. The quantitative estimate of drug-likeness (QED) is 0.851. The summed E-state index contributed by atoms with van der Waals surface area (Å²) in [4.78, 5) is 12.5. The molecule has 0 aromatic heterocycles. The fraction of sp³-hybridized carbons (Fsp3) is 0.588. The first-order valence-electron chi connectivity index (χ1n) is 7.49. The molecule has 0 spiro atoms. The van der Waals surface area contributed by atoms with Crippen LogP contribution in [-0.4, -0.2) is 18.1 Å². The molecule has 0 aliphatic heterocycles. The van der Waals surface area contributed by atoms with Gasteiger partial charge in [0.25, 0.3) is 0 Å². The molecule has 1 aliphatic carbocycles. The number of aryl methyl sites for hydroxylation is 1. The van der Waals surface area contributed by atoms with Crippen molar-refractivity contribution < 1.29 is 13.9 Å². The van der Waals surface area contributed by atoms with E-state index < -0.39 is 5.54 Å². The molecule has 1 aromatic carbocycles. The number of hydrogen-bond acceptors (Lipinski definition) is 3. The van der Waals surface area contributed by atoms with Gasteiger partial charge >= 0.3 is 5.97 Å². The predicted octanol–water partition coefficient (Wildman–Crippen LogP) is 4.06. The Bertz CT molecular complexity index is 521. The van der Waals surface area contributed by atoms with Crippen LogP contribution >= 0.6 is 0 Å². The van der Waals surface area contributed by atoms with Crippen LogP contribution in [0.5, 0.6) is 0 Å². The molecule has 21 heavy (non-hydrogen) atoms. The van der Waals surface area contributed by atoms with Crippen LogP contribution in [-0.2, 0) is 9.53 Å². The molecule has 0 bridgehead atoms. The first kappa shape index (κ1) is 15.8. The van der Waals surface area contributed by atoms with Gasteiger partial charge in [0.2, 0.25) is 0 Å². The summed E-state index contributed by atoms with van der Waals surface area (Å²) >= 11 is 0. The molecule has 1 unspecified atom stereocenters. The predicted molar refractivity (Wildman–Crippen MR) is 81.8 cm³/mol. The number of benzene rings is 1. The van der Waals surface area contributed by atoms with Crippen LogP contribution in [0.25, 0.3) is 0 Å². The highest BCUT2D eigenvalue weighted by atomic mass is 19.1. The number of hydrogen-bond donors (Lipinski definition) is 1. The normalized spacial score (nSPS) is 23.9. The average Bonchev–Trinajstić information content (AvgIpc) is 2.65. The average molecular weight is 293 g/mol. The summed E-state index contributed by atoms with van der Waals surface area (Å²) in [7, 11) is 0. The van der Waals surface area contributed by atoms with Crippen molar-refractivity contribution in [2.45, 2.75) is 52.5 Å². The number of ether oxygens (including phenoxy) is 1. The third-order valence-corrected chi connectivity index (χ3v) is 4.10. The molecular weight excluding hydrogens is 269 g/mol. The number of carbonyl (C=O) groups is 1. The van der Waals surface area contributed by atoms with E-state index in [1.165, 1.54) is 12.1 Å². The van der Waals surface area contributed by atoms with Gasteiger partial charge < -0.3 is 10.1 Å². The number of halogens is 1. The maximum atomic E-state index is 13.6. The van der Waals surface area contributed by atoms with Crippen LogP contribution in [0.15, 0.2) is 18.2 Å². The maximum absolute atomic E-state index is 13.6. The molecule has 1 atom stereocenters. The van der Waals surface area contributed by atoms with Gasteiger partial charge in [-0.15, -0.1) is 0 Å². The van der Waals surface area contributed by atoms with E-state index in [9.17, 15) is 9.18 Å². The van der Waals surface area contributed by atoms with E-state index in [1.54, 1.807) is 6.92 Å². The van der Waals surface area contributed by atoms with Crippen molar-refractivity contribution in [3.8, 4) is 0 Å². The highest BCUT2D eigenvalue weighted by Crippen LogP contribution is 2.46. The Balaban J connectivity index is 2.30. The highest BCUT2D eigenvalue weighted by Gasteiger charge is 2.49. The van der Waals surface area contributed by atoms with E-state index >= 15 is 0 Å². The van der Waals surface area contributed by atoms with Gasteiger partial charge in [0.05, 0.1) is 6.61 Å². The van der Waals surface area contributed by atoms with Gasteiger partial charge in [0.15, 0.2) is 0 Å². The van der Waals surface area contributed by atoms with Gasteiger partial charge in [-0.1, -0.05) is 13.8 Å². The van der Waals surface area contributed by atoms with Gasteiger partial charge in [0.1, 0.15) is 11.4 Å². The highest BCUT2D eigenvalue weighted by molar-refractivity contribution is 5.85. The van der Waals surface area contributed by atoms with Crippen LogP contribution < -0.4 is 5.32 Å². The lowest BCUT2D eigenvalue weighted by atomic mass is 9.87. The second-order valence-electron chi connectivity index (χ2n) is 6.79. The number of esters is 1. The lowest BCUT2D eigenvalue weighted by molar-refractivity contribution is -0.148. The molecule has 0 saturated heterocycles. The summed E-state index contributed by atoms with van der Waals surface area (Å²) in [5.41, 5.74) is 0.786. The molecule has 0 heterocycles. The molecular formula is C17H24FNO2. The maximum Gasteiger partial charge on any atom is 0.331 e. The van der Waals surface area contributed by atoms with E-state index in [1.807, 2.05) is 13.0 Å². The van der Waals surface area contributed by atoms with Crippen LogP contribution in [0.4, 0.5) is 10.1 Å². The van der Waals surface area contributed by atoms with Crippen molar-refractivity contribution in [3.63, 3.8) is 0 Å². The zero-order chi connectivity index (χ0) is 15.7. The van der Waals surface area contributed by atoms with E-state index in [2.05, 4.69) is 19.2 Å². The lowest BCUT2D eigenvalue weighted by Crippen LogP contribution is -2.46. The van der Waals surface area contributed by atoms with Crippen molar-refractivity contribution in [3.05, 3.63) is 29.6 Å². The summed E-state index contributed by atoms with van der Waals surface area (Å²) in [6, 6.07) is 4.76. The van der Waals surface area contributed by atoms with Crippen LogP contribution in [0.3, 0.4) is 0 Å². The smallest absolute Gasteiger partial charge is 0.331 e. The number of rotatable bonds is 4. The summed E-state index contributed by atoms with van der Waals surface area (Å²) in [6.07, 6.45) is 2.33. The van der Waals surface area contributed by atoms with Gasteiger partial charge in [-0.3, -0.25) is 0 Å². The van der Waals surface area contributed by atoms with E-state index in [4.69, 9.17) is 4.74 Å². The summed E-state index contributed by atoms with van der Waals surface area (Å²) in [5.74, 6) is -0.536. The van der Waals surface area contributed by atoms with Gasteiger partial charge in [0, 0.05) is 5.69 Å². The molecule has 4 heteroatoms.